The molecule has 14 N–H and O–H groups in total. The molecule has 11 atom stereocenters. The van der Waals surface area contributed by atoms with Crippen LogP contribution in [0.5, 0.6) is 0 Å². The van der Waals surface area contributed by atoms with Gasteiger partial charge in [0.05, 0.1) is 22.2 Å². The van der Waals surface area contributed by atoms with E-state index < -0.39 is 130 Å². The number of amides is 1. The molecule has 5 aromatic carbocycles. The quantitative estimate of drug-likeness (QED) is 0.00965. The van der Waals surface area contributed by atoms with Gasteiger partial charge in [-0.2, -0.15) is 0 Å². The number of aromatic nitrogens is 1. The van der Waals surface area contributed by atoms with Crippen LogP contribution in [0.25, 0.3) is 10.8 Å². The van der Waals surface area contributed by atoms with Crippen molar-refractivity contribution in [3.8, 4) is 0 Å². The van der Waals surface area contributed by atoms with Gasteiger partial charge in [-0.15, -0.1) is 0 Å². The molecule has 31 heteroatoms. The highest BCUT2D eigenvalue weighted by atomic mass is 35.5. The SMILES string of the molecule is CC(O)=Nc1ccc(C[C@H](N=C(O)[C@H](N=C(O)[C@@H](Cc2cccnc2)N=C(O)[C@@H](Cc2ccc(Cl)cc2)N=C(O)[C@@H](Cc2ccc3ccccc3c2)N=C(C)O)S(C)=O)C(O)=N[C@H](Cc2ccc(N=C(C)O)cc2)C(O)=N[C@@H](CC(C)C)C(O)=N[C@@H](CCCCNC(C)C)C(=O)N2CCC[C@H]2C(O)=N[C@H](C)C(=N)O)cc1. The van der Waals surface area contributed by atoms with Crippen molar-refractivity contribution < 1.29 is 70.3 Å². The molecule has 594 valence electrons. The maximum Gasteiger partial charge on any atom is 0.248 e. The third-order valence-corrected chi connectivity index (χ3v) is 18.9. The summed E-state index contributed by atoms with van der Waals surface area (Å²) in [7, 11) is -2.27. The summed E-state index contributed by atoms with van der Waals surface area (Å²) in [6.07, 6.45) is 5.39. The molecule has 2 heterocycles. The molecule has 6 aromatic rings. The number of aliphatic imine (C=N–C) groups is 11. The second-order valence-corrected chi connectivity index (χ2v) is 29.7. The lowest BCUT2D eigenvalue weighted by atomic mass is 10.0. The van der Waals surface area contributed by atoms with Crippen molar-refractivity contribution in [3.05, 3.63) is 173 Å². The van der Waals surface area contributed by atoms with Crippen molar-refractivity contribution >= 4 is 121 Å². The minimum atomic E-state index is -2.27. The Morgan fingerprint density at radius 3 is 1.48 bits per heavy atom. The van der Waals surface area contributed by atoms with Crippen molar-refractivity contribution in [3.63, 3.8) is 0 Å². The number of carbonyl (C=O) groups excluding carboxylic acids is 1. The molecule has 1 aliphatic heterocycles. The molecule has 1 aromatic heterocycles. The number of benzene rings is 5. The van der Waals surface area contributed by atoms with E-state index in [0.717, 1.165) is 22.6 Å². The Labute approximate surface area is 653 Å². The molecule has 1 amide bonds. The summed E-state index contributed by atoms with van der Waals surface area (Å²) in [6, 6.07) is 24.2. The Kier molecular flexibility index (Phi) is 33.7. The van der Waals surface area contributed by atoms with Crippen molar-refractivity contribution in [1.82, 2.24) is 15.2 Å². The van der Waals surface area contributed by atoms with Gasteiger partial charge in [0.15, 0.2) is 17.7 Å². The molecule has 29 nitrogen and oxygen atoms in total. The van der Waals surface area contributed by atoms with E-state index in [1.807, 2.05) is 70.2 Å². The molecule has 0 aliphatic carbocycles. The number of likely N-dealkylation sites (tertiary alicyclic amines) is 1. The second kappa shape index (κ2) is 42.8. The van der Waals surface area contributed by atoms with Gasteiger partial charge in [-0.3, -0.25) is 19.4 Å². The molecular formula is C80H102ClN15O14S. The number of aliphatic hydroxyl groups is 12. The van der Waals surface area contributed by atoms with E-state index in [9.17, 15) is 70.3 Å². The highest BCUT2D eigenvalue weighted by Crippen LogP contribution is 2.27. The largest absolute Gasteiger partial charge is 0.497 e. The van der Waals surface area contributed by atoms with E-state index in [2.05, 4.69) is 65.2 Å². The normalized spacial score (nSPS) is 17.9. The number of nitrogens with one attached hydrogen (secondary N) is 2. The van der Waals surface area contributed by atoms with Gasteiger partial charge in [0.2, 0.25) is 64.4 Å². The number of fused-ring (bicyclic) bond motifs is 1. The predicted octanol–water partition coefficient (Wildman–Crippen LogP) is 13.7. The fourth-order valence-corrected chi connectivity index (χ4v) is 12.9. The Hall–Kier alpha value is -11.0. The minimum absolute atomic E-state index is 0.0442. The van der Waals surface area contributed by atoms with Gasteiger partial charge in [0.25, 0.3) is 0 Å². The predicted molar refractivity (Wildman–Crippen MR) is 443 cm³/mol. The summed E-state index contributed by atoms with van der Waals surface area (Å²) >= 11 is 6.29. The van der Waals surface area contributed by atoms with Crippen LogP contribution in [0.15, 0.2) is 195 Å². The van der Waals surface area contributed by atoms with Crippen molar-refractivity contribution in [2.24, 2.45) is 60.8 Å². The third kappa shape index (κ3) is 28.4. The Bertz CT molecular complexity index is 4460. The molecule has 0 spiro atoms. The molecular weight excluding hydrogens is 1460 g/mol. The van der Waals surface area contributed by atoms with Crippen LogP contribution in [0.1, 0.15) is 122 Å². The fraction of sp³-hybridized carbons (Fsp3) is 0.425. The molecule has 1 aliphatic rings. The topological polar surface area (TPSA) is 465 Å². The number of aliphatic hydroxyl groups excluding tert-OH is 12. The standard InChI is InChI=1S/C80H102ClN15O14S/c1-46(2)38-63(71(101)89-62(19-12-13-36-84-47(3)4)80(109)96-37-15-20-69(96)77(107)85-48(5)70(82)100)90-73(103)66(41-53-24-31-60(32-25-53)86-49(6)97)92-75(105)67(42-54-26-33-61(34-27-54)87-50(7)98)94-78(108)79(111(9)110)95-76(106)68(44-56-16-14-35-83-45-56)93-74(104)65(40-52-22-29-59(81)30-23-52)91-72(102)64(88-51(8)99)43-55-21-28-57-17-10-11-18-58(57)39-55/h10-11,14,16-18,21-35,39,45-48,62-69,79,84H,12-13,15,19-20,36-38,40-44H2,1-9H3,(H2,82,100)(H,85,107)(H,86,97)(H,87,98)(H,88,99)(H,89,101)(H,90,103)(H,91,102)(H,92,105)(H,93,104)(H,94,108)(H,95,106)/t48-,62+,63+,64-,65-,66-,67+,68-,69+,79-,111?/m1/s1. The highest BCUT2D eigenvalue weighted by Gasteiger charge is 2.38. The monoisotopic (exact) mass is 1560 g/mol. The molecule has 7 rings (SSSR count). The zero-order valence-corrected chi connectivity index (χ0v) is 65.3. The number of hydrogen-bond acceptors (Lipinski definition) is 16. The Morgan fingerprint density at radius 2 is 0.991 bits per heavy atom. The van der Waals surface area contributed by atoms with Crippen LogP contribution in [0.3, 0.4) is 0 Å². The molecule has 1 unspecified atom stereocenters. The number of pyridine rings is 1. The first-order chi connectivity index (χ1) is 52.8. The molecule has 111 heavy (non-hydrogen) atoms. The zero-order chi connectivity index (χ0) is 81.0. The van der Waals surface area contributed by atoms with Gasteiger partial charge in [0.1, 0.15) is 54.4 Å². The van der Waals surface area contributed by atoms with Gasteiger partial charge in [-0.25, -0.2) is 54.9 Å². The Morgan fingerprint density at radius 1 is 0.532 bits per heavy atom. The van der Waals surface area contributed by atoms with E-state index >= 15 is 0 Å². The lowest BCUT2D eigenvalue weighted by Gasteiger charge is -2.27. The van der Waals surface area contributed by atoms with Gasteiger partial charge in [-0.1, -0.05) is 124 Å². The van der Waals surface area contributed by atoms with Gasteiger partial charge in [0, 0.05) is 89.1 Å². The summed E-state index contributed by atoms with van der Waals surface area (Å²) < 4.78 is 14.1. The molecule has 1 saturated heterocycles. The third-order valence-electron chi connectivity index (χ3n) is 17.7. The first-order valence-corrected chi connectivity index (χ1v) is 38.6. The van der Waals surface area contributed by atoms with E-state index in [4.69, 9.17) is 17.0 Å². The van der Waals surface area contributed by atoms with E-state index in [-0.39, 0.29) is 81.1 Å². The maximum atomic E-state index is 14.7. The van der Waals surface area contributed by atoms with Crippen LogP contribution in [0.2, 0.25) is 5.02 Å². The fourth-order valence-electron chi connectivity index (χ4n) is 12.1. The van der Waals surface area contributed by atoms with Crippen LogP contribution in [0.4, 0.5) is 11.4 Å². The number of rotatable bonds is 40. The van der Waals surface area contributed by atoms with Crippen LogP contribution in [-0.4, -0.2) is 237 Å². The number of unbranched alkanes of at least 4 members (excludes halogenated alkanes) is 1. The van der Waals surface area contributed by atoms with E-state index in [1.54, 1.807) is 84.9 Å². The van der Waals surface area contributed by atoms with Crippen LogP contribution in [-0.2, 0) is 47.7 Å². The van der Waals surface area contributed by atoms with Gasteiger partial charge in [-0.05, 0) is 139 Å². The smallest absolute Gasteiger partial charge is 0.248 e. The van der Waals surface area contributed by atoms with Crippen LogP contribution in [0, 0.1) is 11.3 Å². The van der Waals surface area contributed by atoms with Gasteiger partial charge >= 0.3 is 0 Å². The molecule has 0 saturated carbocycles. The summed E-state index contributed by atoms with van der Waals surface area (Å²) in [4.78, 5) is 68.8. The number of nitrogens with zero attached hydrogens (tertiary/aromatic N) is 13. The van der Waals surface area contributed by atoms with E-state index in [1.165, 1.54) is 45.0 Å². The van der Waals surface area contributed by atoms with Crippen LogP contribution >= 0.6 is 11.6 Å². The second-order valence-electron chi connectivity index (χ2n) is 27.9. The lowest BCUT2D eigenvalue weighted by molar-refractivity contribution is -0.132. The van der Waals surface area contributed by atoms with E-state index in [0.29, 0.717) is 70.9 Å². The maximum absolute atomic E-state index is 14.7. The summed E-state index contributed by atoms with van der Waals surface area (Å²) in [5.74, 6) is -8.30. The van der Waals surface area contributed by atoms with Crippen molar-refractivity contribution in [1.29, 1.82) is 5.41 Å². The summed E-state index contributed by atoms with van der Waals surface area (Å²) in [5, 5.41) is 149. The zero-order valence-electron chi connectivity index (χ0n) is 63.7. The van der Waals surface area contributed by atoms with Gasteiger partial charge < -0.3 is 71.5 Å². The first-order valence-electron chi connectivity index (χ1n) is 36.6. The lowest BCUT2D eigenvalue weighted by Crippen LogP contribution is -2.46. The minimum Gasteiger partial charge on any atom is -0.497 e. The number of carbonyl (C=O) groups is 1. The average Bonchev–Trinajstić information content (AvgIpc) is 1.81. The van der Waals surface area contributed by atoms with Crippen molar-refractivity contribution in [2.45, 2.75) is 192 Å². The molecule has 1 fully saturated rings. The Balaban J connectivity index is 1.34. The first kappa shape index (κ1) is 87.2. The summed E-state index contributed by atoms with van der Waals surface area (Å²) in [5.41, 5.74) is 3.39. The molecule has 0 bridgehead atoms. The number of halogens is 1. The van der Waals surface area contributed by atoms with Crippen molar-refractivity contribution in [2.75, 3.05) is 19.3 Å². The number of hydrogen-bond donors (Lipinski definition) is 14. The highest BCUT2D eigenvalue weighted by molar-refractivity contribution is 7.85. The van der Waals surface area contributed by atoms with Crippen LogP contribution < -0.4 is 5.32 Å². The average molecular weight is 1570 g/mol. The summed E-state index contributed by atoms with van der Waals surface area (Å²) in [6.45, 7) is 14.0. The molecule has 0 radical (unpaired) electrons.